The summed E-state index contributed by atoms with van der Waals surface area (Å²) >= 11 is 5.27. The van der Waals surface area contributed by atoms with E-state index in [2.05, 4.69) is 20.2 Å². The maximum atomic E-state index is 9.06. The molecule has 2 fully saturated rings. The maximum absolute atomic E-state index is 9.06. The quantitative estimate of drug-likeness (QED) is 0.373. The van der Waals surface area contributed by atoms with E-state index in [1.165, 1.54) is 19.3 Å². The van der Waals surface area contributed by atoms with Crippen molar-refractivity contribution in [2.75, 3.05) is 45.4 Å². The molecular formula is C23H40N5NaO3S. The van der Waals surface area contributed by atoms with Crippen LogP contribution in [0.15, 0.2) is 23.5 Å². The molecule has 2 aliphatic heterocycles. The zero-order chi connectivity index (χ0) is 24.2. The molecule has 0 radical (unpaired) electrons. The van der Waals surface area contributed by atoms with Crippen molar-refractivity contribution in [3.8, 4) is 0 Å². The molecule has 1 amide bonds. The summed E-state index contributed by atoms with van der Waals surface area (Å²) in [6, 6.07) is 0. The molecule has 4 rings (SSSR count). The predicted octanol–water partition coefficient (Wildman–Crippen LogP) is 0.466. The number of nitrogens with one attached hydrogen (secondary N) is 1. The molecule has 182 valence electrons. The summed E-state index contributed by atoms with van der Waals surface area (Å²) in [6.45, 7) is 14.0. The summed E-state index contributed by atoms with van der Waals surface area (Å²) in [7, 11) is 3.27. The largest absolute Gasteiger partial charge is 1.00 e. The Morgan fingerprint density at radius 3 is 2.24 bits per heavy atom. The number of aromatic nitrogens is 3. The summed E-state index contributed by atoms with van der Waals surface area (Å²) in [4.78, 5) is 21.0. The van der Waals surface area contributed by atoms with Crippen LogP contribution >= 0.6 is 0 Å². The van der Waals surface area contributed by atoms with Gasteiger partial charge in [0.25, 0.3) is 0 Å². The van der Waals surface area contributed by atoms with E-state index in [1.807, 2.05) is 45.2 Å². The van der Waals surface area contributed by atoms with Crippen molar-refractivity contribution in [2.45, 2.75) is 64.4 Å². The van der Waals surface area contributed by atoms with Gasteiger partial charge in [0.05, 0.1) is 12.2 Å². The first-order valence-corrected chi connectivity index (χ1v) is 11.6. The van der Waals surface area contributed by atoms with Crippen molar-refractivity contribution < 1.29 is 43.8 Å². The number of carbonyl (C=O) groups excluding carboxylic acids is 1. The van der Waals surface area contributed by atoms with E-state index in [1.54, 1.807) is 26.6 Å². The van der Waals surface area contributed by atoms with Crippen LogP contribution in [0.3, 0.4) is 0 Å². The second-order valence-corrected chi connectivity index (χ2v) is 9.00. The predicted molar refractivity (Wildman–Crippen MR) is 131 cm³/mol. The fourth-order valence-electron chi connectivity index (χ4n) is 3.34. The minimum atomic E-state index is 0. The first-order chi connectivity index (χ1) is 15.2. The second-order valence-electron chi connectivity index (χ2n) is 8.56. The van der Waals surface area contributed by atoms with Gasteiger partial charge in [-0.25, -0.2) is 9.97 Å². The number of hydrogen-bond donors (Lipinski definition) is 1. The zero-order valence-electron chi connectivity index (χ0n) is 21.7. The van der Waals surface area contributed by atoms with E-state index in [4.69, 9.17) is 26.9 Å². The monoisotopic (exact) mass is 489 g/mol. The molecule has 1 spiro atoms. The van der Waals surface area contributed by atoms with Crippen LogP contribution in [0.5, 0.6) is 0 Å². The topological polar surface area (TPSA) is 81.0 Å². The Morgan fingerprint density at radius 2 is 1.79 bits per heavy atom. The number of imidazole rings is 1. The number of nitrogens with zero attached hydrogens (tertiary/aromatic N) is 4. The summed E-state index contributed by atoms with van der Waals surface area (Å²) in [6.07, 6.45) is 9.67. The first kappa shape index (κ1) is 32.0. The Hall–Kier alpha value is -0.970. The van der Waals surface area contributed by atoms with Gasteiger partial charge in [-0.15, -0.1) is 4.90 Å². The van der Waals surface area contributed by atoms with Crippen LogP contribution in [0.1, 0.15) is 53.9 Å². The van der Waals surface area contributed by atoms with Gasteiger partial charge in [0, 0.05) is 52.4 Å². The number of hydrogen-bond acceptors (Lipinski definition) is 7. The summed E-state index contributed by atoms with van der Waals surface area (Å²) in [5.41, 5.74) is 1.29. The molecule has 2 aromatic rings. The number of carbonyl (C=O) groups is 1. The van der Waals surface area contributed by atoms with Gasteiger partial charge in [-0.05, 0) is 45.4 Å². The molecule has 2 aromatic heterocycles. The van der Waals surface area contributed by atoms with Crippen LogP contribution in [0.2, 0.25) is 0 Å². The Balaban J connectivity index is 0.000000669. The normalized spacial score (nSPS) is 16.3. The fraction of sp³-hybridized carbons (Fsp3) is 0.696. The Labute approximate surface area is 226 Å². The van der Waals surface area contributed by atoms with Gasteiger partial charge in [0.2, 0.25) is 12.4 Å². The van der Waals surface area contributed by atoms with E-state index in [0.29, 0.717) is 16.7 Å². The molecule has 33 heavy (non-hydrogen) atoms. The van der Waals surface area contributed by atoms with Gasteiger partial charge in [-0.2, -0.15) is 0 Å². The number of fused-ring (bicyclic) bond motifs is 1. The zero-order valence-corrected chi connectivity index (χ0v) is 24.5. The van der Waals surface area contributed by atoms with Gasteiger partial charge in [-0.3, -0.25) is 9.20 Å². The second kappa shape index (κ2) is 15.8. The molecule has 8 nitrogen and oxygen atoms in total. The minimum absolute atomic E-state index is 0. The number of rotatable bonds is 2. The van der Waals surface area contributed by atoms with Gasteiger partial charge >= 0.3 is 29.6 Å². The number of methoxy groups -OCH3 is 1. The number of piperidine rings is 1. The maximum Gasteiger partial charge on any atom is 1.00 e. The van der Waals surface area contributed by atoms with E-state index < -0.39 is 0 Å². The molecule has 0 bridgehead atoms. The van der Waals surface area contributed by atoms with Crippen LogP contribution < -0.4 is 39.8 Å². The SMILES string of the molecule is CC.CNC=O.COC(C)(C)C.[Na+].[S-]c1cnc(N2CCC3(CCOC3)CC2)n2ccnc12. The smallest absolute Gasteiger partial charge is 0.775 e. The Kier molecular flexibility index (Phi) is 15.4. The van der Waals surface area contributed by atoms with Crippen LogP contribution in [-0.2, 0) is 26.9 Å². The Bertz CT molecular complexity index is 797. The molecule has 0 atom stereocenters. The molecule has 1 N–H and O–H groups in total. The number of amides is 1. The van der Waals surface area contributed by atoms with Crippen molar-refractivity contribution in [3.05, 3.63) is 18.6 Å². The van der Waals surface area contributed by atoms with Crippen molar-refractivity contribution in [3.63, 3.8) is 0 Å². The molecular weight excluding hydrogens is 449 g/mol. The van der Waals surface area contributed by atoms with E-state index in [0.717, 1.165) is 37.9 Å². The van der Waals surface area contributed by atoms with Gasteiger partial charge < -0.3 is 32.3 Å². The molecule has 4 heterocycles. The first-order valence-electron chi connectivity index (χ1n) is 11.2. The molecule has 10 heteroatoms. The summed E-state index contributed by atoms with van der Waals surface area (Å²) < 4.78 is 12.5. The molecule has 0 aliphatic carbocycles. The fourth-order valence-corrected chi connectivity index (χ4v) is 3.55. The van der Waals surface area contributed by atoms with Gasteiger partial charge in [0.15, 0.2) is 0 Å². The molecule has 0 aromatic carbocycles. The molecule has 2 saturated heterocycles. The third-order valence-electron chi connectivity index (χ3n) is 5.40. The van der Waals surface area contributed by atoms with Gasteiger partial charge in [-0.1, -0.05) is 13.8 Å². The van der Waals surface area contributed by atoms with Gasteiger partial charge in [0.1, 0.15) is 5.65 Å². The summed E-state index contributed by atoms with van der Waals surface area (Å²) in [5.74, 6) is 0.958. The third-order valence-corrected chi connectivity index (χ3v) is 5.68. The van der Waals surface area contributed by atoms with E-state index in [9.17, 15) is 0 Å². The number of anilines is 1. The van der Waals surface area contributed by atoms with Crippen molar-refractivity contribution >= 4 is 30.6 Å². The van der Waals surface area contributed by atoms with Crippen molar-refractivity contribution in [2.24, 2.45) is 5.41 Å². The molecule has 0 unspecified atom stereocenters. The van der Waals surface area contributed by atoms with Crippen molar-refractivity contribution in [1.82, 2.24) is 19.7 Å². The minimum Gasteiger partial charge on any atom is -0.775 e. The standard InChI is InChI=1S/C14H18N4OS.C5H12O.C2H5NO.C2H6.Na/c20-11-9-16-13(18-7-4-15-12(11)18)17-5-1-14(2-6-17)3-8-19-10-14;1-5(2,3)6-4;1-3-2-4;1-2;/h4,7,9,20H,1-3,5-6,8,10H2;1-4H3;2H,1H3,(H,3,4);1-2H3;/q;;;;+1/p-1. The van der Waals surface area contributed by atoms with Crippen LogP contribution in [0, 0.1) is 5.41 Å². The third kappa shape index (κ3) is 10.0. The van der Waals surface area contributed by atoms with Crippen LogP contribution in [-0.4, -0.2) is 66.8 Å². The van der Waals surface area contributed by atoms with Crippen LogP contribution in [0.25, 0.3) is 5.65 Å². The molecule has 2 aliphatic rings. The number of ether oxygens (including phenoxy) is 2. The Morgan fingerprint density at radius 1 is 1.21 bits per heavy atom. The van der Waals surface area contributed by atoms with E-state index >= 15 is 0 Å². The average molecular weight is 490 g/mol. The van der Waals surface area contributed by atoms with Crippen molar-refractivity contribution in [1.29, 1.82) is 0 Å². The molecule has 0 saturated carbocycles. The van der Waals surface area contributed by atoms with Crippen LogP contribution in [0.4, 0.5) is 5.95 Å². The summed E-state index contributed by atoms with van der Waals surface area (Å²) in [5, 5.41) is 2.25. The average Bonchev–Trinajstić information content (AvgIpc) is 3.47. The van der Waals surface area contributed by atoms with E-state index in [-0.39, 0.29) is 35.2 Å².